The Labute approximate surface area is 178 Å². The number of carbonyl (C=O) groups is 1. The van der Waals surface area contributed by atoms with Crippen molar-refractivity contribution in [3.05, 3.63) is 53.6 Å². The van der Waals surface area contributed by atoms with Crippen molar-refractivity contribution in [3.8, 4) is 11.5 Å². The maximum Gasteiger partial charge on any atom is 0.303 e. The van der Waals surface area contributed by atoms with Gasteiger partial charge in [-0.05, 0) is 55.8 Å². The summed E-state index contributed by atoms with van der Waals surface area (Å²) < 4.78 is 37.8. The first-order chi connectivity index (χ1) is 14.2. The van der Waals surface area contributed by atoms with Crippen LogP contribution in [0.5, 0.6) is 11.5 Å². The van der Waals surface area contributed by atoms with Crippen molar-refractivity contribution >= 4 is 21.8 Å². The summed E-state index contributed by atoms with van der Waals surface area (Å²) in [6.07, 6.45) is 0. The Morgan fingerprint density at radius 3 is 2.10 bits per heavy atom. The summed E-state index contributed by atoms with van der Waals surface area (Å²) in [5, 5.41) is 2.86. The van der Waals surface area contributed by atoms with Gasteiger partial charge in [-0.15, -0.1) is 0 Å². The minimum Gasteiger partial charge on any atom is -0.490 e. The lowest BCUT2D eigenvalue weighted by Gasteiger charge is -2.23. The summed E-state index contributed by atoms with van der Waals surface area (Å²) in [6.45, 7) is 5.18. The molecule has 2 aromatic carbocycles. The molecule has 0 atom stereocenters. The Morgan fingerprint density at radius 1 is 0.933 bits per heavy atom. The van der Waals surface area contributed by atoms with E-state index in [1.165, 1.54) is 21.1 Å². The van der Waals surface area contributed by atoms with Gasteiger partial charge >= 0.3 is 10.2 Å². The number of rotatable bonds is 10. The lowest BCUT2D eigenvalue weighted by Crippen LogP contribution is -2.37. The van der Waals surface area contributed by atoms with Crippen LogP contribution in [0, 0.1) is 0 Å². The van der Waals surface area contributed by atoms with E-state index >= 15 is 0 Å². The van der Waals surface area contributed by atoms with Crippen LogP contribution in [0.2, 0.25) is 0 Å². The van der Waals surface area contributed by atoms with Gasteiger partial charge in [0, 0.05) is 33.3 Å². The van der Waals surface area contributed by atoms with E-state index in [9.17, 15) is 13.2 Å². The van der Waals surface area contributed by atoms with Crippen molar-refractivity contribution in [1.29, 1.82) is 0 Å². The van der Waals surface area contributed by atoms with Crippen LogP contribution >= 0.6 is 0 Å². The smallest absolute Gasteiger partial charge is 0.303 e. The number of hydrogen-bond acceptors (Lipinski definition) is 5. The molecule has 0 saturated carbocycles. The number of carbonyl (C=O) groups excluding carboxylic acids is 1. The maximum absolute atomic E-state index is 12.5. The van der Waals surface area contributed by atoms with Gasteiger partial charge in [0.1, 0.15) is 0 Å². The molecule has 0 unspecified atom stereocenters. The van der Waals surface area contributed by atoms with Crippen LogP contribution in [0.3, 0.4) is 0 Å². The largest absolute Gasteiger partial charge is 0.490 e. The molecule has 2 aromatic rings. The van der Waals surface area contributed by atoms with Gasteiger partial charge in [-0.25, -0.2) is 0 Å². The van der Waals surface area contributed by atoms with Crippen molar-refractivity contribution < 1.29 is 22.7 Å². The summed E-state index contributed by atoms with van der Waals surface area (Å²) in [5.41, 5.74) is 1.78. The van der Waals surface area contributed by atoms with E-state index in [0.29, 0.717) is 42.5 Å². The predicted octanol–water partition coefficient (Wildman–Crippen LogP) is 2.66. The molecule has 0 heterocycles. The molecular formula is C21H29N3O5S. The van der Waals surface area contributed by atoms with Gasteiger partial charge in [-0.1, -0.05) is 6.07 Å². The first-order valence-corrected chi connectivity index (χ1v) is 11.0. The lowest BCUT2D eigenvalue weighted by molar-refractivity contribution is 0.0951. The SMILES string of the molecule is CCOc1ccc(CNC(=O)c2ccc(N(C)S(=O)(=O)N(C)C)cc2)cc1OCC. The zero-order valence-corrected chi connectivity index (χ0v) is 18.8. The Bertz CT molecular complexity index is 959. The van der Waals surface area contributed by atoms with Gasteiger partial charge in [-0.3, -0.25) is 9.10 Å². The average molecular weight is 436 g/mol. The quantitative estimate of drug-likeness (QED) is 0.620. The van der Waals surface area contributed by atoms with Crippen molar-refractivity contribution in [1.82, 2.24) is 9.62 Å². The van der Waals surface area contributed by atoms with E-state index in [0.717, 1.165) is 14.2 Å². The summed E-state index contributed by atoms with van der Waals surface area (Å²) in [5.74, 6) is 1.05. The molecule has 0 radical (unpaired) electrons. The molecule has 0 bridgehead atoms. The zero-order chi connectivity index (χ0) is 22.3. The van der Waals surface area contributed by atoms with Crippen LogP contribution in [-0.4, -0.2) is 53.0 Å². The predicted molar refractivity (Wildman–Crippen MR) is 117 cm³/mol. The van der Waals surface area contributed by atoms with Gasteiger partial charge in [0.25, 0.3) is 5.91 Å². The molecule has 0 aromatic heterocycles. The molecule has 0 fully saturated rings. The fourth-order valence-corrected chi connectivity index (χ4v) is 3.57. The second-order valence-corrected chi connectivity index (χ2v) is 8.81. The number of nitrogens with one attached hydrogen (secondary N) is 1. The Kier molecular flexibility index (Phi) is 8.08. The Hall–Kier alpha value is -2.78. The minimum atomic E-state index is -3.58. The van der Waals surface area contributed by atoms with Crippen LogP contribution in [0.4, 0.5) is 5.69 Å². The highest BCUT2D eigenvalue weighted by Gasteiger charge is 2.21. The number of hydrogen-bond donors (Lipinski definition) is 1. The van der Waals surface area contributed by atoms with Crippen LogP contribution in [-0.2, 0) is 16.8 Å². The van der Waals surface area contributed by atoms with E-state index in [1.807, 2.05) is 32.0 Å². The number of benzene rings is 2. The molecule has 1 amide bonds. The molecule has 1 N–H and O–H groups in total. The van der Waals surface area contributed by atoms with Gasteiger partial charge in [-0.2, -0.15) is 12.7 Å². The second-order valence-electron chi connectivity index (χ2n) is 6.63. The van der Waals surface area contributed by atoms with Crippen LogP contribution in [0.25, 0.3) is 0 Å². The van der Waals surface area contributed by atoms with E-state index in [-0.39, 0.29) is 5.91 Å². The summed E-state index contributed by atoms with van der Waals surface area (Å²) in [4.78, 5) is 12.5. The highest BCUT2D eigenvalue weighted by molar-refractivity contribution is 7.90. The van der Waals surface area contributed by atoms with Crippen LogP contribution in [0.15, 0.2) is 42.5 Å². The topological polar surface area (TPSA) is 88.2 Å². The standard InChI is InChI=1S/C21H29N3O5S/c1-6-28-19-13-8-16(14-20(19)29-7-2)15-22-21(25)17-9-11-18(12-10-17)24(5)30(26,27)23(3)4/h8-14H,6-7,15H2,1-5H3,(H,22,25). The third-order valence-corrected chi connectivity index (χ3v) is 6.19. The van der Waals surface area contributed by atoms with E-state index in [4.69, 9.17) is 9.47 Å². The number of ether oxygens (including phenoxy) is 2. The van der Waals surface area contributed by atoms with Crippen molar-refractivity contribution in [3.63, 3.8) is 0 Å². The van der Waals surface area contributed by atoms with Crippen LogP contribution < -0.4 is 19.1 Å². The highest BCUT2D eigenvalue weighted by Crippen LogP contribution is 2.28. The summed E-state index contributed by atoms with van der Waals surface area (Å²) >= 11 is 0. The molecule has 0 aliphatic heterocycles. The number of anilines is 1. The second kappa shape index (κ2) is 10.3. The van der Waals surface area contributed by atoms with Gasteiger partial charge in [0.05, 0.1) is 18.9 Å². The van der Waals surface area contributed by atoms with E-state index in [1.54, 1.807) is 24.3 Å². The Balaban J connectivity index is 2.06. The lowest BCUT2D eigenvalue weighted by atomic mass is 10.1. The van der Waals surface area contributed by atoms with Crippen molar-refractivity contribution in [2.45, 2.75) is 20.4 Å². The first kappa shape index (κ1) is 23.5. The normalized spacial score (nSPS) is 11.3. The minimum absolute atomic E-state index is 0.258. The van der Waals surface area contributed by atoms with Gasteiger partial charge < -0.3 is 14.8 Å². The summed E-state index contributed by atoms with van der Waals surface area (Å²) in [7, 11) is 0.810. The van der Waals surface area contributed by atoms with E-state index < -0.39 is 10.2 Å². The fraction of sp³-hybridized carbons (Fsp3) is 0.381. The number of nitrogens with zero attached hydrogens (tertiary/aromatic N) is 2. The molecule has 9 heteroatoms. The van der Waals surface area contributed by atoms with E-state index in [2.05, 4.69) is 5.32 Å². The van der Waals surface area contributed by atoms with Gasteiger partial charge in [0.15, 0.2) is 11.5 Å². The highest BCUT2D eigenvalue weighted by atomic mass is 32.2. The molecule has 30 heavy (non-hydrogen) atoms. The molecule has 0 spiro atoms. The average Bonchev–Trinajstić information content (AvgIpc) is 2.73. The third kappa shape index (κ3) is 5.64. The Morgan fingerprint density at radius 2 is 1.53 bits per heavy atom. The monoisotopic (exact) mass is 435 g/mol. The molecule has 8 nitrogen and oxygen atoms in total. The third-order valence-electron chi connectivity index (χ3n) is 4.36. The first-order valence-electron chi connectivity index (χ1n) is 9.63. The fourth-order valence-electron chi connectivity index (χ4n) is 2.69. The molecule has 164 valence electrons. The molecule has 0 aliphatic rings. The molecule has 0 aliphatic carbocycles. The van der Waals surface area contributed by atoms with Gasteiger partial charge in [0.2, 0.25) is 0 Å². The van der Waals surface area contributed by atoms with Crippen LogP contribution in [0.1, 0.15) is 29.8 Å². The van der Waals surface area contributed by atoms with Crippen molar-refractivity contribution in [2.75, 3.05) is 38.7 Å². The van der Waals surface area contributed by atoms with Crippen molar-refractivity contribution in [2.24, 2.45) is 0 Å². The number of amides is 1. The molecule has 0 saturated heterocycles. The molecular weight excluding hydrogens is 406 g/mol. The zero-order valence-electron chi connectivity index (χ0n) is 18.0. The maximum atomic E-state index is 12.5. The molecule has 2 rings (SSSR count). The summed E-state index contributed by atoms with van der Waals surface area (Å²) in [6, 6.07) is 11.9.